The number of hydrogen-bond donors (Lipinski definition) is 0. The van der Waals surface area contributed by atoms with Crippen LogP contribution < -0.4 is 0 Å². The van der Waals surface area contributed by atoms with Gasteiger partial charge in [0.15, 0.2) is 0 Å². The zero-order chi connectivity index (χ0) is 30.8. The Hall–Kier alpha value is -6.62. The normalized spacial score (nSPS) is 11.4. The van der Waals surface area contributed by atoms with Crippen molar-refractivity contribution in [1.82, 2.24) is 9.13 Å². The molecule has 0 aliphatic heterocycles. The van der Waals surface area contributed by atoms with Crippen molar-refractivity contribution >= 4 is 54.4 Å². The summed E-state index contributed by atoms with van der Waals surface area (Å²) in [6, 6.07) is 54.8. The van der Waals surface area contributed by atoms with Gasteiger partial charge >= 0.3 is 0 Å². The summed E-state index contributed by atoms with van der Waals surface area (Å²) in [5, 5.41) is 28.1. The van der Waals surface area contributed by atoms with E-state index in [4.69, 9.17) is 0 Å². The summed E-state index contributed by atoms with van der Waals surface area (Å²) in [5.41, 5.74) is 8.42. The molecule has 0 aliphatic rings. The number of para-hydroxylation sites is 2. The highest BCUT2D eigenvalue weighted by Crippen LogP contribution is 2.41. The summed E-state index contributed by atoms with van der Waals surface area (Å²) in [6.07, 6.45) is 0. The summed E-state index contributed by atoms with van der Waals surface area (Å²) in [5.74, 6) is 0. The van der Waals surface area contributed by atoms with Crippen LogP contribution in [0.2, 0.25) is 0 Å². The quantitative estimate of drug-likeness (QED) is 0.207. The van der Waals surface area contributed by atoms with Crippen molar-refractivity contribution in [2.24, 2.45) is 0 Å². The fourth-order valence-electron chi connectivity index (χ4n) is 7.22. The van der Waals surface area contributed by atoms with Crippen LogP contribution in [0.1, 0.15) is 11.1 Å². The van der Waals surface area contributed by atoms with Gasteiger partial charge in [-0.2, -0.15) is 10.5 Å². The Morgan fingerprint density at radius 1 is 0.435 bits per heavy atom. The summed E-state index contributed by atoms with van der Waals surface area (Å²) >= 11 is 0. The fourth-order valence-corrected chi connectivity index (χ4v) is 7.22. The van der Waals surface area contributed by atoms with Crippen LogP contribution in [-0.4, -0.2) is 9.13 Å². The highest BCUT2D eigenvalue weighted by molar-refractivity contribution is 6.22. The number of nitrogens with zero attached hydrogens (tertiary/aromatic N) is 4. The van der Waals surface area contributed by atoms with E-state index in [1.807, 2.05) is 42.5 Å². The molecule has 0 amide bonds. The number of nitriles is 2. The van der Waals surface area contributed by atoms with Gasteiger partial charge in [0, 0.05) is 21.5 Å². The van der Waals surface area contributed by atoms with E-state index in [1.54, 1.807) is 0 Å². The molecule has 4 heteroatoms. The Balaban J connectivity index is 1.43. The highest BCUT2D eigenvalue weighted by Gasteiger charge is 2.24. The lowest BCUT2D eigenvalue weighted by atomic mass is 10.0. The van der Waals surface area contributed by atoms with Crippen LogP contribution in [0.4, 0.5) is 0 Å². The molecular weight excluding hydrogens is 560 g/mol. The Morgan fingerprint density at radius 3 is 1.78 bits per heavy atom. The lowest BCUT2D eigenvalue weighted by Crippen LogP contribution is -2.06. The fraction of sp³-hybridized carbons (Fsp3) is 0. The van der Waals surface area contributed by atoms with Gasteiger partial charge < -0.3 is 9.13 Å². The Morgan fingerprint density at radius 2 is 1.07 bits per heavy atom. The topological polar surface area (TPSA) is 57.4 Å². The summed E-state index contributed by atoms with van der Waals surface area (Å²) in [4.78, 5) is 0. The predicted octanol–water partition coefficient (Wildman–Crippen LogP) is 10.4. The van der Waals surface area contributed by atoms with Gasteiger partial charge in [0.05, 0.1) is 39.0 Å². The Bertz CT molecular complexity index is 2710. The van der Waals surface area contributed by atoms with Crippen LogP contribution in [0.15, 0.2) is 146 Å². The average molecular weight is 585 g/mol. The van der Waals surface area contributed by atoms with Crippen LogP contribution in [0, 0.1) is 22.7 Å². The minimum absolute atomic E-state index is 0.449. The standard InChI is InChI=1S/C42H24N4/c43-25-30-20-22-39(35(26-44)42(30)46-36-16-8-6-14-32(36)33-15-7-9-17-37(33)46)45-38-21-19-29(27-10-2-1-3-11-27)24-34(38)41-31-13-5-4-12-28(31)18-23-40(41)45/h1-24H. The van der Waals surface area contributed by atoms with Crippen molar-refractivity contribution in [3.63, 3.8) is 0 Å². The second kappa shape index (κ2) is 9.96. The van der Waals surface area contributed by atoms with Crippen molar-refractivity contribution in [3.05, 3.63) is 157 Å². The lowest BCUT2D eigenvalue weighted by molar-refractivity contribution is 1.11. The van der Waals surface area contributed by atoms with Crippen LogP contribution in [0.5, 0.6) is 0 Å². The molecule has 7 aromatic carbocycles. The molecule has 0 saturated carbocycles. The Labute approximate surface area is 264 Å². The van der Waals surface area contributed by atoms with Crippen LogP contribution >= 0.6 is 0 Å². The van der Waals surface area contributed by atoms with Crippen molar-refractivity contribution < 1.29 is 0 Å². The van der Waals surface area contributed by atoms with E-state index in [9.17, 15) is 10.5 Å². The molecule has 9 rings (SSSR count). The van der Waals surface area contributed by atoms with Gasteiger partial charge in [-0.15, -0.1) is 0 Å². The van der Waals surface area contributed by atoms with Crippen LogP contribution in [0.3, 0.4) is 0 Å². The summed E-state index contributed by atoms with van der Waals surface area (Å²) in [7, 11) is 0. The molecule has 0 spiro atoms. The van der Waals surface area contributed by atoms with Crippen molar-refractivity contribution in [2.75, 3.05) is 0 Å². The largest absolute Gasteiger partial charge is 0.308 e. The van der Waals surface area contributed by atoms with Gasteiger partial charge in [-0.25, -0.2) is 0 Å². The average Bonchev–Trinajstić information content (AvgIpc) is 3.64. The number of hydrogen-bond acceptors (Lipinski definition) is 2. The molecule has 46 heavy (non-hydrogen) atoms. The zero-order valence-corrected chi connectivity index (χ0v) is 24.6. The molecule has 0 N–H and O–H groups in total. The Kier molecular flexibility index (Phi) is 5.59. The van der Waals surface area contributed by atoms with Crippen molar-refractivity contribution in [1.29, 1.82) is 10.5 Å². The van der Waals surface area contributed by atoms with E-state index >= 15 is 0 Å². The summed E-state index contributed by atoms with van der Waals surface area (Å²) < 4.78 is 4.28. The summed E-state index contributed by atoms with van der Waals surface area (Å²) in [6.45, 7) is 0. The molecule has 212 valence electrons. The number of fused-ring (bicyclic) bond motifs is 8. The molecular formula is C42H24N4. The molecule has 0 bridgehead atoms. The van der Waals surface area contributed by atoms with Gasteiger partial charge in [-0.3, -0.25) is 0 Å². The van der Waals surface area contributed by atoms with E-state index in [1.165, 1.54) is 0 Å². The second-order valence-corrected chi connectivity index (χ2v) is 11.6. The van der Waals surface area contributed by atoms with E-state index in [2.05, 4.69) is 124 Å². The van der Waals surface area contributed by atoms with Gasteiger partial charge in [-0.1, -0.05) is 103 Å². The molecule has 2 heterocycles. The molecule has 9 aromatic rings. The minimum atomic E-state index is 0.449. The first kappa shape index (κ1) is 25.8. The molecule has 0 unspecified atom stereocenters. The van der Waals surface area contributed by atoms with E-state index < -0.39 is 0 Å². The van der Waals surface area contributed by atoms with Crippen molar-refractivity contribution in [3.8, 4) is 34.6 Å². The maximum Gasteiger partial charge on any atom is 0.104 e. The number of aromatic nitrogens is 2. The molecule has 0 atom stereocenters. The number of rotatable bonds is 3. The molecule has 0 radical (unpaired) electrons. The third-order valence-corrected chi connectivity index (χ3v) is 9.19. The molecule has 0 aliphatic carbocycles. The molecule has 2 aromatic heterocycles. The van der Waals surface area contributed by atoms with Crippen molar-refractivity contribution in [2.45, 2.75) is 0 Å². The maximum absolute atomic E-state index is 11.0. The van der Waals surface area contributed by atoms with Gasteiger partial charge in [0.2, 0.25) is 0 Å². The van der Waals surface area contributed by atoms with Crippen LogP contribution in [0.25, 0.3) is 76.9 Å². The van der Waals surface area contributed by atoms with Gasteiger partial charge in [0.1, 0.15) is 17.7 Å². The first-order valence-electron chi connectivity index (χ1n) is 15.2. The molecule has 0 fully saturated rings. The van der Waals surface area contributed by atoms with Gasteiger partial charge in [0.25, 0.3) is 0 Å². The van der Waals surface area contributed by atoms with E-state index in [-0.39, 0.29) is 0 Å². The zero-order valence-electron chi connectivity index (χ0n) is 24.6. The third kappa shape index (κ3) is 3.59. The minimum Gasteiger partial charge on any atom is -0.308 e. The SMILES string of the molecule is N#Cc1ccc(-n2c3ccc(-c4ccccc4)cc3c3c4ccccc4ccc32)c(C#N)c1-n1c2ccccc2c2ccccc21. The second-order valence-electron chi connectivity index (χ2n) is 11.6. The first-order chi connectivity index (χ1) is 22.8. The third-order valence-electron chi connectivity index (χ3n) is 9.19. The van der Waals surface area contributed by atoms with E-state index in [0.29, 0.717) is 16.8 Å². The highest BCUT2D eigenvalue weighted by atomic mass is 15.0. The first-order valence-corrected chi connectivity index (χ1v) is 15.2. The van der Waals surface area contributed by atoms with Crippen LogP contribution in [-0.2, 0) is 0 Å². The lowest BCUT2D eigenvalue weighted by Gasteiger charge is -2.17. The smallest absolute Gasteiger partial charge is 0.104 e. The van der Waals surface area contributed by atoms with E-state index in [0.717, 1.165) is 71.2 Å². The van der Waals surface area contributed by atoms with Gasteiger partial charge in [-0.05, 0) is 64.4 Å². The monoisotopic (exact) mass is 584 g/mol. The predicted molar refractivity (Wildman–Crippen MR) is 187 cm³/mol. The maximum atomic E-state index is 11.0. The number of benzene rings is 7. The molecule has 0 saturated heterocycles. The molecule has 4 nitrogen and oxygen atoms in total.